The van der Waals surface area contributed by atoms with Gasteiger partial charge in [-0.1, -0.05) is 0 Å². The van der Waals surface area contributed by atoms with Crippen LogP contribution in [0.3, 0.4) is 0 Å². The first kappa shape index (κ1) is 21.0. The minimum atomic E-state index is -4.79. The minimum Gasteiger partial charge on any atom is -0.383 e. The molecular weight excluding hydrogens is 436 g/mol. The fourth-order valence-corrected chi connectivity index (χ4v) is 4.95. The maximum absolute atomic E-state index is 13.9. The monoisotopic (exact) mass is 452 g/mol. The van der Waals surface area contributed by atoms with Crippen LogP contribution in [0.25, 0.3) is 10.2 Å². The van der Waals surface area contributed by atoms with E-state index in [0.29, 0.717) is 16.1 Å². The highest BCUT2D eigenvalue weighted by molar-refractivity contribution is 7.18. The van der Waals surface area contributed by atoms with E-state index in [1.165, 1.54) is 29.2 Å². The first-order valence-electron chi connectivity index (χ1n) is 9.19. The molecule has 1 aliphatic heterocycles. The Morgan fingerprint density at radius 3 is 2.52 bits per heavy atom. The summed E-state index contributed by atoms with van der Waals surface area (Å²) in [7, 11) is 0. The summed E-state index contributed by atoms with van der Waals surface area (Å²) in [6, 6.07) is 4.78. The number of benzene rings is 1. The molecule has 162 valence electrons. The van der Waals surface area contributed by atoms with Crippen molar-refractivity contribution in [3.05, 3.63) is 51.7 Å². The topological polar surface area (TPSA) is 88.3 Å². The third-order valence-electron chi connectivity index (χ3n) is 5.03. The zero-order valence-electron chi connectivity index (χ0n) is 16.1. The number of nitrogens with zero attached hydrogens (tertiary/aromatic N) is 2. The van der Waals surface area contributed by atoms with E-state index in [2.05, 4.69) is 10.3 Å². The number of nitrogen functional groups attached to an aromatic ring is 1. The molecule has 0 spiro atoms. The third kappa shape index (κ3) is 3.80. The zero-order valence-corrected chi connectivity index (χ0v) is 17.0. The molecule has 2 aromatic heterocycles. The highest BCUT2D eigenvalue weighted by Crippen LogP contribution is 2.45. The van der Waals surface area contributed by atoms with Gasteiger partial charge in [0.25, 0.3) is 0 Å². The Hall–Kier alpha value is -3.21. The number of urea groups is 1. The van der Waals surface area contributed by atoms with Crippen LogP contribution in [0.5, 0.6) is 0 Å². The predicted molar refractivity (Wildman–Crippen MR) is 109 cm³/mol. The van der Waals surface area contributed by atoms with Crippen LogP contribution in [-0.4, -0.2) is 28.2 Å². The maximum atomic E-state index is 13.9. The fraction of sp³-hybridized carbons (Fsp3) is 0.250. The number of nitrogens with two attached hydrogens (primary N) is 1. The summed E-state index contributed by atoms with van der Waals surface area (Å²) in [6.45, 7) is 1.27. The number of pyridine rings is 1. The van der Waals surface area contributed by atoms with E-state index in [4.69, 9.17) is 5.73 Å². The SMILES string of the molecule is CC(=O)c1c(N)nc2sc3c(c2c1C(F)(F)F)CCN(C(=O)Nc1ccc(F)cc1)C3. The van der Waals surface area contributed by atoms with E-state index in [0.717, 1.165) is 18.3 Å². The van der Waals surface area contributed by atoms with Gasteiger partial charge >= 0.3 is 12.2 Å². The zero-order chi connectivity index (χ0) is 22.5. The van der Waals surface area contributed by atoms with Crippen LogP contribution in [0.2, 0.25) is 0 Å². The van der Waals surface area contributed by atoms with Crippen molar-refractivity contribution in [3.63, 3.8) is 0 Å². The summed E-state index contributed by atoms with van der Waals surface area (Å²) >= 11 is 1.02. The number of halogens is 4. The number of alkyl halides is 3. The number of nitrogens with one attached hydrogen (secondary N) is 1. The number of rotatable bonds is 2. The largest absolute Gasteiger partial charge is 0.417 e. The number of Topliss-reactive ketones (excluding diaryl/α,β-unsaturated/α-hetero) is 1. The summed E-state index contributed by atoms with van der Waals surface area (Å²) in [4.78, 5) is 30.6. The molecule has 3 N–H and O–H groups in total. The molecule has 2 amide bonds. The summed E-state index contributed by atoms with van der Waals surface area (Å²) in [6.07, 6.45) is -4.62. The van der Waals surface area contributed by atoms with Crippen molar-refractivity contribution in [1.82, 2.24) is 9.88 Å². The van der Waals surface area contributed by atoms with Gasteiger partial charge < -0.3 is 16.0 Å². The van der Waals surface area contributed by atoms with Gasteiger partial charge in [-0.05, 0) is 43.2 Å². The van der Waals surface area contributed by atoms with Crippen LogP contribution in [0.15, 0.2) is 24.3 Å². The number of aromatic nitrogens is 1. The molecule has 0 fully saturated rings. The van der Waals surface area contributed by atoms with Crippen LogP contribution in [0, 0.1) is 5.82 Å². The number of ketones is 1. The van der Waals surface area contributed by atoms with Gasteiger partial charge in [-0.3, -0.25) is 4.79 Å². The first-order valence-corrected chi connectivity index (χ1v) is 10.0. The third-order valence-corrected chi connectivity index (χ3v) is 6.15. The Morgan fingerprint density at radius 1 is 1.23 bits per heavy atom. The molecule has 31 heavy (non-hydrogen) atoms. The molecule has 0 aliphatic carbocycles. The lowest BCUT2D eigenvalue weighted by atomic mass is 9.96. The highest BCUT2D eigenvalue weighted by Gasteiger charge is 2.41. The minimum absolute atomic E-state index is 0.0794. The molecule has 0 unspecified atom stereocenters. The van der Waals surface area contributed by atoms with Gasteiger partial charge in [0.05, 0.1) is 17.7 Å². The van der Waals surface area contributed by atoms with E-state index < -0.39 is 40.8 Å². The van der Waals surface area contributed by atoms with Crippen molar-refractivity contribution in [2.45, 2.75) is 26.1 Å². The summed E-state index contributed by atoms with van der Waals surface area (Å²) in [5.74, 6) is -1.71. The Morgan fingerprint density at radius 2 is 1.90 bits per heavy atom. The Bertz CT molecular complexity index is 1200. The maximum Gasteiger partial charge on any atom is 0.417 e. The van der Waals surface area contributed by atoms with Gasteiger partial charge in [0.2, 0.25) is 0 Å². The van der Waals surface area contributed by atoms with Crippen molar-refractivity contribution in [2.24, 2.45) is 0 Å². The molecule has 1 aliphatic rings. The Kier molecular flexibility index (Phi) is 5.08. The lowest BCUT2D eigenvalue weighted by Gasteiger charge is -2.27. The Labute approximate surface area is 177 Å². The average Bonchev–Trinajstić information content (AvgIpc) is 3.04. The molecule has 3 aromatic rings. The Balaban J connectivity index is 1.71. The van der Waals surface area contributed by atoms with Gasteiger partial charge in [0, 0.05) is 22.5 Å². The van der Waals surface area contributed by atoms with Crippen LogP contribution in [-0.2, 0) is 19.1 Å². The quantitative estimate of drug-likeness (QED) is 0.431. The number of anilines is 2. The molecule has 3 heterocycles. The van der Waals surface area contributed by atoms with Gasteiger partial charge in [-0.2, -0.15) is 13.2 Å². The van der Waals surface area contributed by atoms with Crippen molar-refractivity contribution in [1.29, 1.82) is 0 Å². The van der Waals surface area contributed by atoms with Gasteiger partial charge in [-0.15, -0.1) is 11.3 Å². The van der Waals surface area contributed by atoms with Gasteiger partial charge in [-0.25, -0.2) is 14.2 Å². The molecule has 4 rings (SSSR count). The molecule has 0 radical (unpaired) electrons. The smallest absolute Gasteiger partial charge is 0.383 e. The van der Waals surface area contributed by atoms with Crippen molar-refractivity contribution < 1.29 is 27.2 Å². The molecule has 11 heteroatoms. The fourth-order valence-electron chi connectivity index (χ4n) is 3.69. The van der Waals surface area contributed by atoms with E-state index in [1.807, 2.05) is 0 Å². The lowest BCUT2D eigenvalue weighted by Crippen LogP contribution is -2.38. The molecule has 0 saturated carbocycles. The number of hydrogen-bond donors (Lipinski definition) is 2. The second-order valence-corrected chi connectivity index (χ2v) is 8.18. The van der Waals surface area contributed by atoms with Crippen LogP contribution in [0.4, 0.5) is 33.9 Å². The van der Waals surface area contributed by atoms with Gasteiger partial charge in [0.15, 0.2) is 5.78 Å². The van der Waals surface area contributed by atoms with E-state index in [-0.39, 0.29) is 29.7 Å². The van der Waals surface area contributed by atoms with Crippen LogP contribution >= 0.6 is 11.3 Å². The molecule has 0 bridgehead atoms. The number of thiophene rings is 1. The predicted octanol–water partition coefficient (Wildman–Crippen LogP) is 4.83. The van der Waals surface area contributed by atoms with Crippen molar-refractivity contribution in [2.75, 3.05) is 17.6 Å². The van der Waals surface area contributed by atoms with Crippen LogP contribution < -0.4 is 11.1 Å². The summed E-state index contributed by atoms with van der Waals surface area (Å²) in [5.41, 5.74) is 4.82. The number of hydrogen-bond acceptors (Lipinski definition) is 5. The summed E-state index contributed by atoms with van der Waals surface area (Å²) < 4.78 is 54.8. The van der Waals surface area contributed by atoms with E-state index in [1.54, 1.807) is 0 Å². The van der Waals surface area contributed by atoms with E-state index >= 15 is 0 Å². The second-order valence-electron chi connectivity index (χ2n) is 7.09. The highest BCUT2D eigenvalue weighted by atomic mass is 32.1. The lowest BCUT2D eigenvalue weighted by molar-refractivity contribution is -0.136. The number of carbonyl (C=O) groups is 2. The number of amides is 2. The standard InChI is InChI=1S/C20H16F4N4O2S/c1-9(29)14-16(20(22,23)24)15-12-6-7-28(8-13(12)31-18(15)27-17(14)25)19(30)26-11-4-2-10(21)3-5-11/h2-5H,6-8H2,1H3,(H2,25,27)(H,26,30). The first-order chi connectivity index (χ1) is 14.6. The molecular formula is C20H16F4N4O2S. The summed E-state index contributed by atoms with van der Waals surface area (Å²) in [5, 5.41) is 2.52. The molecule has 6 nitrogen and oxygen atoms in total. The molecule has 0 atom stereocenters. The van der Waals surface area contributed by atoms with Crippen LogP contribution in [0.1, 0.15) is 33.3 Å². The molecule has 1 aromatic carbocycles. The number of fused-ring (bicyclic) bond motifs is 3. The van der Waals surface area contributed by atoms with Crippen molar-refractivity contribution >= 4 is 44.9 Å². The average molecular weight is 452 g/mol. The van der Waals surface area contributed by atoms with Crippen molar-refractivity contribution in [3.8, 4) is 0 Å². The molecule has 0 saturated heterocycles. The van der Waals surface area contributed by atoms with E-state index in [9.17, 15) is 27.2 Å². The number of carbonyl (C=O) groups excluding carboxylic acids is 2. The normalized spacial score (nSPS) is 13.9. The second kappa shape index (κ2) is 7.49. The van der Waals surface area contributed by atoms with Gasteiger partial charge in [0.1, 0.15) is 16.5 Å².